The highest BCUT2D eigenvalue weighted by atomic mass is 32.2. The smallest absolute Gasteiger partial charge is 0.475 e. The molecule has 11 heteroatoms. The van der Waals surface area contributed by atoms with E-state index < -0.39 is 22.2 Å². The highest BCUT2D eigenvalue weighted by Gasteiger charge is 2.38. The summed E-state index contributed by atoms with van der Waals surface area (Å²) >= 11 is 0. The van der Waals surface area contributed by atoms with Crippen LogP contribution in [0.3, 0.4) is 0 Å². The molecule has 39 heavy (non-hydrogen) atoms. The van der Waals surface area contributed by atoms with Crippen molar-refractivity contribution in [2.45, 2.75) is 37.0 Å². The quantitative estimate of drug-likeness (QED) is 0.332. The molecule has 7 nitrogen and oxygen atoms in total. The topological polar surface area (TPSA) is 98.7 Å². The van der Waals surface area contributed by atoms with E-state index in [1.807, 2.05) is 36.4 Å². The van der Waals surface area contributed by atoms with Crippen molar-refractivity contribution in [2.75, 3.05) is 26.2 Å². The number of nitrogens with one attached hydrogen (secondary N) is 2. The largest absolute Gasteiger partial charge is 0.490 e. The number of benzene rings is 3. The van der Waals surface area contributed by atoms with E-state index in [1.54, 1.807) is 18.2 Å². The first-order valence-electron chi connectivity index (χ1n) is 12.5. The minimum absolute atomic E-state index is 0.310. The summed E-state index contributed by atoms with van der Waals surface area (Å²) in [7, 11) is -3.52. The number of sulfonamides is 1. The lowest BCUT2D eigenvalue weighted by atomic mass is 10.0. The van der Waals surface area contributed by atoms with Crippen molar-refractivity contribution >= 4 is 16.0 Å². The third-order valence-corrected chi connectivity index (χ3v) is 7.55. The molecule has 0 unspecified atom stereocenters. The fraction of sp³-hybridized carbons (Fsp3) is 0.321. The van der Waals surface area contributed by atoms with Gasteiger partial charge in [0.05, 0.1) is 4.90 Å². The van der Waals surface area contributed by atoms with Gasteiger partial charge in [0.25, 0.3) is 0 Å². The van der Waals surface area contributed by atoms with Crippen molar-refractivity contribution in [2.24, 2.45) is 0 Å². The molecule has 0 radical (unpaired) electrons. The van der Waals surface area contributed by atoms with Crippen molar-refractivity contribution in [1.29, 1.82) is 0 Å². The van der Waals surface area contributed by atoms with E-state index in [0.29, 0.717) is 11.4 Å². The summed E-state index contributed by atoms with van der Waals surface area (Å²) in [5.74, 6) is -2.76. The zero-order chi connectivity index (χ0) is 28.3. The lowest BCUT2D eigenvalue weighted by Crippen LogP contribution is -2.33. The van der Waals surface area contributed by atoms with Gasteiger partial charge in [0.2, 0.25) is 10.0 Å². The summed E-state index contributed by atoms with van der Waals surface area (Å²) in [6, 6.07) is 25.8. The van der Waals surface area contributed by atoms with Crippen LogP contribution < -0.4 is 10.0 Å². The molecule has 0 atom stereocenters. The number of hydrogen-bond donors (Lipinski definition) is 3. The van der Waals surface area contributed by atoms with E-state index in [4.69, 9.17) is 9.90 Å². The zero-order valence-corrected chi connectivity index (χ0v) is 22.1. The summed E-state index contributed by atoms with van der Waals surface area (Å²) in [4.78, 5) is 11.5. The van der Waals surface area contributed by atoms with Gasteiger partial charge in [0.15, 0.2) is 0 Å². The van der Waals surface area contributed by atoms with Gasteiger partial charge in [0, 0.05) is 26.2 Å². The average molecular weight is 564 g/mol. The number of carboxylic acids is 1. The van der Waals surface area contributed by atoms with Gasteiger partial charge in [-0.2, -0.15) is 13.2 Å². The van der Waals surface area contributed by atoms with Crippen molar-refractivity contribution in [3.8, 4) is 11.1 Å². The van der Waals surface area contributed by atoms with E-state index in [0.717, 1.165) is 43.9 Å². The molecular weight excluding hydrogens is 531 g/mol. The Balaban J connectivity index is 0.000000532. The van der Waals surface area contributed by atoms with Gasteiger partial charge >= 0.3 is 12.1 Å². The summed E-state index contributed by atoms with van der Waals surface area (Å²) in [6.45, 7) is 4.94. The standard InChI is InChI=1S/C26H31N3O2S.C2HF3O2/c30-32(31,28-15-18-29-16-4-5-17-29)26-10-6-9-25(19-26)24-13-11-23(12-14-24)21-27-20-22-7-2-1-3-8-22;3-2(4,5)1(6)7/h1-3,6-14,19,27-28H,4-5,15-18,20-21H2;(H,6,7). The molecule has 0 bridgehead atoms. The molecule has 0 amide bonds. The fourth-order valence-corrected chi connectivity index (χ4v) is 5.10. The van der Waals surface area contributed by atoms with Crippen LogP contribution in [0.5, 0.6) is 0 Å². The summed E-state index contributed by atoms with van der Waals surface area (Å²) in [5, 5.41) is 10.6. The van der Waals surface area contributed by atoms with Crippen LogP contribution in [-0.4, -0.2) is 56.7 Å². The van der Waals surface area contributed by atoms with Crippen LogP contribution in [0.15, 0.2) is 83.8 Å². The van der Waals surface area contributed by atoms with Crippen LogP contribution in [0.2, 0.25) is 0 Å². The van der Waals surface area contributed by atoms with Crippen molar-refractivity contribution in [3.63, 3.8) is 0 Å². The van der Waals surface area contributed by atoms with Crippen LogP contribution in [0, 0.1) is 0 Å². The van der Waals surface area contributed by atoms with Crippen LogP contribution in [0.4, 0.5) is 13.2 Å². The van der Waals surface area contributed by atoms with E-state index in [1.165, 1.54) is 24.0 Å². The molecule has 0 aromatic heterocycles. The van der Waals surface area contributed by atoms with Gasteiger partial charge in [-0.05, 0) is 60.3 Å². The lowest BCUT2D eigenvalue weighted by molar-refractivity contribution is -0.192. The number of rotatable bonds is 10. The van der Waals surface area contributed by atoms with Crippen LogP contribution in [0.25, 0.3) is 11.1 Å². The van der Waals surface area contributed by atoms with Crippen molar-refractivity contribution in [1.82, 2.24) is 14.9 Å². The molecule has 1 aliphatic heterocycles. The van der Waals surface area contributed by atoms with Gasteiger partial charge in [-0.3, -0.25) is 0 Å². The fourth-order valence-electron chi connectivity index (χ4n) is 4.03. The normalized spacial score (nSPS) is 14.0. The Labute approximate surface area is 226 Å². The summed E-state index contributed by atoms with van der Waals surface area (Å²) < 4.78 is 60.0. The second kappa shape index (κ2) is 14.2. The molecule has 1 heterocycles. The predicted molar refractivity (Wildman–Crippen MR) is 143 cm³/mol. The number of likely N-dealkylation sites (tertiary alicyclic amines) is 1. The number of nitrogens with zero attached hydrogens (tertiary/aromatic N) is 1. The molecule has 210 valence electrons. The Morgan fingerprint density at radius 3 is 2.03 bits per heavy atom. The van der Waals surface area contributed by atoms with E-state index in [9.17, 15) is 21.6 Å². The van der Waals surface area contributed by atoms with Gasteiger partial charge in [0.1, 0.15) is 0 Å². The Bertz CT molecular complexity index is 1300. The van der Waals surface area contributed by atoms with Gasteiger partial charge < -0.3 is 15.3 Å². The van der Waals surface area contributed by atoms with Crippen LogP contribution in [-0.2, 0) is 27.9 Å². The minimum atomic E-state index is -5.08. The number of alkyl halides is 3. The molecule has 1 fully saturated rings. The molecule has 3 aromatic carbocycles. The first-order chi connectivity index (χ1) is 18.5. The molecule has 1 aliphatic rings. The first kappa shape index (κ1) is 30.3. The maximum Gasteiger partial charge on any atom is 0.490 e. The van der Waals surface area contributed by atoms with Crippen LogP contribution in [0.1, 0.15) is 24.0 Å². The molecule has 3 aromatic rings. The van der Waals surface area contributed by atoms with E-state index >= 15 is 0 Å². The molecule has 0 saturated carbocycles. The maximum atomic E-state index is 12.7. The zero-order valence-electron chi connectivity index (χ0n) is 21.3. The van der Waals surface area contributed by atoms with E-state index in [2.05, 4.69) is 39.2 Å². The van der Waals surface area contributed by atoms with Crippen molar-refractivity contribution in [3.05, 3.63) is 90.0 Å². The van der Waals surface area contributed by atoms with Crippen molar-refractivity contribution < 1.29 is 31.5 Å². The number of halogens is 3. The highest BCUT2D eigenvalue weighted by Crippen LogP contribution is 2.23. The van der Waals surface area contributed by atoms with Gasteiger partial charge in [-0.25, -0.2) is 17.9 Å². The Kier molecular flexibility index (Phi) is 11.0. The van der Waals surface area contributed by atoms with Gasteiger partial charge in [-0.15, -0.1) is 0 Å². The third-order valence-electron chi connectivity index (χ3n) is 6.09. The lowest BCUT2D eigenvalue weighted by Gasteiger charge is -2.15. The maximum absolute atomic E-state index is 12.7. The Hall–Kier alpha value is -3.25. The summed E-state index contributed by atoms with van der Waals surface area (Å²) in [6.07, 6.45) is -2.67. The molecular formula is C28H32F3N3O4S. The first-order valence-corrected chi connectivity index (χ1v) is 14.0. The monoisotopic (exact) mass is 563 g/mol. The third kappa shape index (κ3) is 10.1. The average Bonchev–Trinajstić information content (AvgIpc) is 3.43. The Morgan fingerprint density at radius 2 is 1.44 bits per heavy atom. The Morgan fingerprint density at radius 1 is 0.846 bits per heavy atom. The number of carbonyl (C=O) groups is 1. The van der Waals surface area contributed by atoms with Crippen LogP contribution >= 0.6 is 0 Å². The second-order valence-corrected chi connectivity index (χ2v) is 10.8. The SMILES string of the molecule is O=C(O)C(F)(F)F.O=S(=O)(NCCN1CCCC1)c1cccc(-c2ccc(CNCc3ccccc3)cc2)c1. The summed E-state index contributed by atoms with van der Waals surface area (Å²) in [5.41, 5.74) is 4.36. The number of hydrogen-bond acceptors (Lipinski definition) is 5. The molecule has 3 N–H and O–H groups in total. The molecule has 1 saturated heterocycles. The molecule has 4 rings (SSSR count). The molecule has 0 aliphatic carbocycles. The van der Waals surface area contributed by atoms with E-state index in [-0.39, 0.29) is 0 Å². The van der Waals surface area contributed by atoms with Gasteiger partial charge in [-0.1, -0.05) is 66.7 Å². The predicted octanol–water partition coefficient (Wildman–Crippen LogP) is 4.65. The number of aliphatic carboxylic acids is 1. The minimum Gasteiger partial charge on any atom is -0.475 e. The molecule has 0 spiro atoms. The number of carboxylic acid groups (broad SMARTS) is 1. The second-order valence-electron chi connectivity index (χ2n) is 9.06. The highest BCUT2D eigenvalue weighted by molar-refractivity contribution is 7.89.